The van der Waals surface area contributed by atoms with Gasteiger partial charge in [0, 0.05) is 24.0 Å². The molecular formula is C20H18N6O3. The molecule has 0 amide bonds. The maximum absolute atomic E-state index is 12.1. The molecule has 3 N–H and O–H groups in total. The van der Waals surface area contributed by atoms with Gasteiger partial charge in [0.2, 0.25) is 0 Å². The van der Waals surface area contributed by atoms with Gasteiger partial charge in [0.15, 0.2) is 5.82 Å². The lowest BCUT2D eigenvalue weighted by molar-refractivity contribution is 0.276. The third-order valence-electron chi connectivity index (χ3n) is 4.52. The number of aliphatic hydroxyl groups is 1. The Labute approximate surface area is 165 Å². The highest BCUT2D eigenvalue weighted by atomic mass is 16.3. The third-order valence-corrected chi connectivity index (χ3v) is 4.52. The summed E-state index contributed by atoms with van der Waals surface area (Å²) >= 11 is 0. The minimum atomic E-state index is -0.575. The molecule has 9 nitrogen and oxygen atoms in total. The van der Waals surface area contributed by atoms with Crippen molar-refractivity contribution in [3.05, 3.63) is 86.6 Å². The Morgan fingerprint density at radius 1 is 1.10 bits per heavy atom. The van der Waals surface area contributed by atoms with Crippen molar-refractivity contribution in [2.75, 3.05) is 10.6 Å². The van der Waals surface area contributed by atoms with E-state index in [2.05, 4.69) is 25.9 Å². The van der Waals surface area contributed by atoms with E-state index >= 15 is 0 Å². The number of pyridine rings is 1. The average molecular weight is 390 g/mol. The normalized spacial score (nSPS) is 12.1. The van der Waals surface area contributed by atoms with E-state index in [1.807, 2.05) is 37.3 Å². The van der Waals surface area contributed by atoms with E-state index in [0.717, 1.165) is 5.56 Å². The summed E-state index contributed by atoms with van der Waals surface area (Å²) in [5.41, 5.74) is 1.33. The Morgan fingerprint density at radius 3 is 2.59 bits per heavy atom. The Bertz CT molecular complexity index is 1210. The lowest BCUT2D eigenvalue weighted by Gasteiger charge is -2.20. The summed E-state index contributed by atoms with van der Waals surface area (Å²) in [5, 5.41) is 22.9. The molecule has 2 aromatic heterocycles. The first-order valence-electron chi connectivity index (χ1n) is 8.97. The standard InChI is InChI=1S/C20H18N6O3/c1-12(13-5-3-2-4-6-13)22-17-18(20(29)19(17)28)23-14-7-8-21-16(9-14)26-10-15(11-27)24-25-26/h2-10,12,22,27H,11H2,1H3,(H,21,23)/t12-/m1/s1. The second kappa shape index (κ2) is 7.64. The Kier molecular flexibility index (Phi) is 4.88. The van der Waals surface area contributed by atoms with Gasteiger partial charge in [0.1, 0.15) is 17.1 Å². The molecule has 0 fully saturated rings. The van der Waals surface area contributed by atoms with Crippen molar-refractivity contribution in [2.45, 2.75) is 19.6 Å². The molecule has 0 spiro atoms. The maximum atomic E-state index is 12.1. The molecule has 0 aliphatic rings. The third kappa shape index (κ3) is 3.63. The van der Waals surface area contributed by atoms with E-state index in [1.54, 1.807) is 24.5 Å². The fourth-order valence-electron chi connectivity index (χ4n) is 2.94. The second-order valence-corrected chi connectivity index (χ2v) is 6.53. The molecule has 29 heavy (non-hydrogen) atoms. The molecule has 0 unspecified atom stereocenters. The topological polar surface area (TPSA) is 122 Å². The van der Waals surface area contributed by atoms with Crippen molar-refractivity contribution < 1.29 is 5.11 Å². The van der Waals surface area contributed by atoms with Crippen LogP contribution in [0.25, 0.3) is 5.82 Å². The van der Waals surface area contributed by atoms with Crippen LogP contribution in [-0.4, -0.2) is 25.1 Å². The van der Waals surface area contributed by atoms with Crippen molar-refractivity contribution in [1.29, 1.82) is 0 Å². The van der Waals surface area contributed by atoms with Gasteiger partial charge in [-0.15, -0.1) is 5.10 Å². The van der Waals surface area contributed by atoms with Gasteiger partial charge in [-0.3, -0.25) is 9.59 Å². The minimum absolute atomic E-state index is 0.139. The van der Waals surface area contributed by atoms with Crippen LogP contribution in [0.15, 0.2) is 64.4 Å². The summed E-state index contributed by atoms with van der Waals surface area (Å²) in [5.74, 6) is 0.452. The number of aromatic nitrogens is 4. The van der Waals surface area contributed by atoms with E-state index in [1.165, 1.54) is 4.68 Å². The number of benzene rings is 1. The molecule has 0 bridgehead atoms. The van der Waals surface area contributed by atoms with Crippen LogP contribution in [0.3, 0.4) is 0 Å². The van der Waals surface area contributed by atoms with E-state index in [0.29, 0.717) is 17.2 Å². The Hall–Kier alpha value is -3.85. The van der Waals surface area contributed by atoms with E-state index in [9.17, 15) is 9.59 Å². The quantitative estimate of drug-likeness (QED) is 0.407. The van der Waals surface area contributed by atoms with Crippen molar-refractivity contribution in [3.8, 4) is 5.82 Å². The molecule has 0 saturated carbocycles. The van der Waals surface area contributed by atoms with Gasteiger partial charge in [-0.05, 0) is 18.6 Å². The fourth-order valence-corrected chi connectivity index (χ4v) is 2.94. The molecule has 146 valence electrons. The predicted molar refractivity (Wildman–Crippen MR) is 108 cm³/mol. The lowest BCUT2D eigenvalue weighted by Crippen LogP contribution is -2.37. The van der Waals surface area contributed by atoms with Crippen molar-refractivity contribution in [1.82, 2.24) is 20.0 Å². The molecule has 4 rings (SSSR count). The van der Waals surface area contributed by atoms with Crippen LogP contribution in [0.5, 0.6) is 0 Å². The van der Waals surface area contributed by atoms with Gasteiger partial charge in [-0.25, -0.2) is 9.67 Å². The number of rotatable bonds is 7. The monoisotopic (exact) mass is 390 g/mol. The highest BCUT2D eigenvalue weighted by molar-refractivity contribution is 5.79. The number of nitrogens with one attached hydrogen (secondary N) is 2. The largest absolute Gasteiger partial charge is 0.390 e. The van der Waals surface area contributed by atoms with Gasteiger partial charge in [0.05, 0.1) is 12.8 Å². The number of aliphatic hydroxyl groups excluding tert-OH is 1. The molecule has 1 atom stereocenters. The van der Waals surface area contributed by atoms with E-state index in [-0.39, 0.29) is 24.0 Å². The van der Waals surface area contributed by atoms with Gasteiger partial charge in [-0.1, -0.05) is 35.5 Å². The van der Waals surface area contributed by atoms with Gasteiger partial charge in [-0.2, -0.15) is 0 Å². The van der Waals surface area contributed by atoms with Crippen molar-refractivity contribution >= 4 is 17.1 Å². The van der Waals surface area contributed by atoms with Gasteiger partial charge in [0.25, 0.3) is 10.9 Å². The summed E-state index contributed by atoms with van der Waals surface area (Å²) < 4.78 is 1.41. The molecular weight excluding hydrogens is 372 g/mol. The van der Waals surface area contributed by atoms with E-state index in [4.69, 9.17) is 5.11 Å². The van der Waals surface area contributed by atoms with Crippen LogP contribution in [0.4, 0.5) is 17.1 Å². The average Bonchev–Trinajstić information content (AvgIpc) is 3.26. The maximum Gasteiger partial charge on any atom is 0.253 e. The van der Waals surface area contributed by atoms with Crippen LogP contribution in [0.1, 0.15) is 24.2 Å². The molecule has 0 aliphatic carbocycles. The summed E-state index contributed by atoms with van der Waals surface area (Å²) in [4.78, 5) is 28.4. The molecule has 0 saturated heterocycles. The summed E-state index contributed by atoms with van der Waals surface area (Å²) in [6.07, 6.45) is 3.10. The highest BCUT2D eigenvalue weighted by Gasteiger charge is 2.23. The summed E-state index contributed by atoms with van der Waals surface area (Å²) in [6.45, 7) is 1.69. The molecule has 0 aliphatic heterocycles. The molecule has 4 aromatic rings. The summed E-state index contributed by atoms with van der Waals surface area (Å²) in [6, 6.07) is 12.8. The van der Waals surface area contributed by atoms with Crippen LogP contribution in [0, 0.1) is 0 Å². The number of hydrogen-bond acceptors (Lipinski definition) is 8. The highest BCUT2D eigenvalue weighted by Crippen LogP contribution is 2.25. The first-order chi connectivity index (χ1) is 14.1. The van der Waals surface area contributed by atoms with Gasteiger partial charge < -0.3 is 15.7 Å². The zero-order chi connectivity index (χ0) is 20.4. The second-order valence-electron chi connectivity index (χ2n) is 6.53. The first-order valence-corrected chi connectivity index (χ1v) is 8.97. The zero-order valence-electron chi connectivity index (χ0n) is 15.5. The number of anilines is 3. The Morgan fingerprint density at radius 2 is 1.86 bits per heavy atom. The van der Waals surface area contributed by atoms with Crippen LogP contribution in [-0.2, 0) is 6.61 Å². The smallest absolute Gasteiger partial charge is 0.253 e. The number of nitrogens with zero attached hydrogens (tertiary/aromatic N) is 4. The van der Waals surface area contributed by atoms with Crippen LogP contribution in [0.2, 0.25) is 0 Å². The SMILES string of the molecule is C[C@@H](Nc1c(Nc2ccnc(-n3cc(CO)nn3)c2)c(=O)c1=O)c1ccccc1. The first kappa shape index (κ1) is 18.5. The van der Waals surface area contributed by atoms with Crippen LogP contribution < -0.4 is 21.5 Å². The van der Waals surface area contributed by atoms with Crippen molar-refractivity contribution in [2.24, 2.45) is 0 Å². The number of hydrogen-bond donors (Lipinski definition) is 3. The Balaban J connectivity index is 1.56. The zero-order valence-corrected chi connectivity index (χ0v) is 15.5. The summed E-state index contributed by atoms with van der Waals surface area (Å²) in [7, 11) is 0. The predicted octanol–water partition coefficient (Wildman–Crippen LogP) is 1.67. The van der Waals surface area contributed by atoms with Gasteiger partial charge >= 0.3 is 0 Å². The van der Waals surface area contributed by atoms with Crippen molar-refractivity contribution in [3.63, 3.8) is 0 Å². The molecule has 9 heteroatoms. The molecule has 2 aromatic carbocycles. The lowest BCUT2D eigenvalue weighted by atomic mass is 10.1. The fraction of sp³-hybridized carbons (Fsp3) is 0.150. The molecule has 2 heterocycles. The minimum Gasteiger partial charge on any atom is -0.390 e. The van der Waals surface area contributed by atoms with Crippen LogP contribution >= 0.6 is 0 Å². The molecule has 0 radical (unpaired) electrons. The van der Waals surface area contributed by atoms with E-state index < -0.39 is 10.9 Å².